The van der Waals surface area contributed by atoms with Gasteiger partial charge < -0.3 is 85.8 Å². The molecule has 13 N–H and O–H groups in total. The van der Waals surface area contributed by atoms with Crippen LogP contribution in [0, 0.1) is 11.8 Å². The highest BCUT2D eigenvalue weighted by Crippen LogP contribution is 2.38. The number of nitrogens with two attached hydrogens (primary N) is 1. The number of cyclic esters (lactones) is 1. The summed E-state index contributed by atoms with van der Waals surface area (Å²) >= 11 is 0. The van der Waals surface area contributed by atoms with Crippen LogP contribution in [-0.4, -0.2) is 181 Å². The van der Waals surface area contributed by atoms with Gasteiger partial charge in [0.05, 0.1) is 92.6 Å². The molecule has 1 amide bonds. The van der Waals surface area contributed by atoms with Crippen LogP contribution < -0.4 is 11.1 Å². The van der Waals surface area contributed by atoms with Gasteiger partial charge >= 0.3 is 5.97 Å². The standard InChI is InChI=1S/C49H78N2O17/c1-30-17-15-13-11-9-7-5-6-8-10-12-14-16-18-36(67-48-46(61)45(50)41(59)29-65-48)25-42-44(47(62)51-31(2)28-64-4)40(58)27-49(63,68-42)26-35(54)23-39(57)37(55)20-19-33(52)22-34(53)24-43(60)66-32(3)21-38(30)56/h5-18,30-42,44-46,48,52-59,61,63H,19-29,50H2,1-4H3,(H,51,62)/b6-5+,9-7+,10-8+,13-11+,14-12+,17-15+,18-16+/t30-,31?,32-,33?,34?,35?,36?,37?,38-,39+,40-,41+,42-,44?,45-,46-,48-,49?/m0/s1. The van der Waals surface area contributed by atoms with Crippen molar-refractivity contribution in [3.05, 3.63) is 85.1 Å². The summed E-state index contributed by atoms with van der Waals surface area (Å²) in [6.45, 7) is 5.05. The first-order chi connectivity index (χ1) is 32.2. The van der Waals surface area contributed by atoms with Gasteiger partial charge in [0.25, 0.3) is 0 Å². The molecule has 19 heteroatoms. The molecule has 19 nitrogen and oxygen atoms in total. The topological polar surface area (TPSA) is 321 Å². The molecule has 3 rings (SSSR count). The smallest absolute Gasteiger partial charge is 0.308 e. The van der Waals surface area contributed by atoms with Crippen LogP contribution >= 0.6 is 0 Å². The average molecular weight is 967 g/mol. The number of carbonyl (C=O) groups is 2. The molecule has 0 saturated carbocycles. The summed E-state index contributed by atoms with van der Waals surface area (Å²) in [5, 5.41) is 112. The number of aliphatic hydroxyl groups is 10. The van der Waals surface area contributed by atoms with E-state index in [2.05, 4.69) is 5.32 Å². The van der Waals surface area contributed by atoms with Gasteiger partial charge in [-0.1, -0.05) is 92.0 Å². The van der Waals surface area contributed by atoms with Gasteiger partial charge in [0.1, 0.15) is 12.2 Å². The van der Waals surface area contributed by atoms with Gasteiger partial charge in [-0.25, -0.2) is 0 Å². The number of hydrogen-bond donors (Lipinski definition) is 12. The van der Waals surface area contributed by atoms with Gasteiger partial charge in [-0.15, -0.1) is 0 Å². The third-order valence-electron chi connectivity index (χ3n) is 11.9. The Morgan fingerprint density at radius 2 is 1.35 bits per heavy atom. The van der Waals surface area contributed by atoms with Crippen molar-refractivity contribution >= 4 is 11.9 Å². The quantitative estimate of drug-likeness (QED) is 0.158. The number of aliphatic hydroxyl groups excluding tert-OH is 9. The fraction of sp³-hybridized carbons (Fsp3) is 0.673. The summed E-state index contributed by atoms with van der Waals surface area (Å²) in [5.41, 5.74) is 6.01. The van der Waals surface area contributed by atoms with E-state index in [4.69, 9.17) is 29.4 Å². The number of esters is 1. The summed E-state index contributed by atoms with van der Waals surface area (Å²) < 4.78 is 28.5. The lowest BCUT2D eigenvalue weighted by molar-refractivity contribution is -0.304. The lowest BCUT2D eigenvalue weighted by Gasteiger charge is -2.46. The van der Waals surface area contributed by atoms with E-state index in [0.29, 0.717) is 0 Å². The van der Waals surface area contributed by atoms with Crippen LogP contribution in [-0.2, 0) is 33.3 Å². The molecule has 3 aliphatic heterocycles. The van der Waals surface area contributed by atoms with Gasteiger partial charge in [0.2, 0.25) is 5.91 Å². The molecule has 0 radical (unpaired) electrons. The number of carbonyl (C=O) groups excluding carboxylic acids is 2. The van der Waals surface area contributed by atoms with Crippen LogP contribution in [0.3, 0.4) is 0 Å². The van der Waals surface area contributed by atoms with E-state index in [1.54, 1.807) is 68.5 Å². The molecule has 0 aromatic heterocycles. The van der Waals surface area contributed by atoms with Crippen molar-refractivity contribution in [2.75, 3.05) is 20.3 Å². The molecule has 0 aliphatic carbocycles. The van der Waals surface area contributed by atoms with Crippen molar-refractivity contribution in [2.45, 2.75) is 176 Å². The van der Waals surface area contributed by atoms with Crippen molar-refractivity contribution in [3.63, 3.8) is 0 Å². The van der Waals surface area contributed by atoms with Crippen LogP contribution in [0.15, 0.2) is 85.1 Å². The second kappa shape index (κ2) is 30.3. The predicted octanol–water partition coefficient (Wildman–Crippen LogP) is 0.144. The first kappa shape index (κ1) is 58.8. The molecule has 2 fully saturated rings. The molecular weight excluding hydrogens is 889 g/mol. The van der Waals surface area contributed by atoms with Crippen molar-refractivity contribution in [1.29, 1.82) is 0 Å². The second-order valence-corrected chi connectivity index (χ2v) is 18.2. The summed E-state index contributed by atoms with van der Waals surface area (Å²) in [5.74, 6) is -5.18. The van der Waals surface area contributed by atoms with Crippen LogP contribution in [0.2, 0.25) is 0 Å². The highest BCUT2D eigenvalue weighted by molar-refractivity contribution is 5.80. The Hall–Kier alpha value is -3.48. The molecule has 68 heavy (non-hydrogen) atoms. The normalized spacial score (nSPS) is 42.2. The third kappa shape index (κ3) is 21.3. The average Bonchev–Trinajstić information content (AvgIpc) is 3.24. The van der Waals surface area contributed by atoms with E-state index in [1.165, 1.54) is 7.11 Å². The first-order valence-electron chi connectivity index (χ1n) is 23.4. The number of amides is 1. The van der Waals surface area contributed by atoms with Crippen molar-refractivity contribution < 1.29 is 84.3 Å². The number of methoxy groups -OCH3 is 1. The van der Waals surface area contributed by atoms with Gasteiger partial charge in [-0.2, -0.15) is 0 Å². The van der Waals surface area contributed by atoms with Gasteiger partial charge in [-0.05, 0) is 33.1 Å². The molecule has 2 bridgehead atoms. The molecule has 3 aliphatic rings. The number of hydrogen-bond acceptors (Lipinski definition) is 18. The van der Waals surface area contributed by atoms with E-state index in [-0.39, 0.29) is 51.2 Å². The monoisotopic (exact) mass is 967 g/mol. The minimum atomic E-state index is -2.27. The Bertz CT molecular complexity index is 1710. The zero-order chi connectivity index (χ0) is 50.4. The molecule has 3 heterocycles. The number of allylic oxidation sites excluding steroid dienone is 12. The maximum Gasteiger partial charge on any atom is 0.308 e. The lowest BCUT2D eigenvalue weighted by atomic mass is 9.82. The molecule has 18 atom stereocenters. The summed E-state index contributed by atoms with van der Waals surface area (Å²) in [6.07, 6.45) is 5.74. The highest BCUT2D eigenvalue weighted by Gasteiger charge is 2.50. The first-order valence-corrected chi connectivity index (χ1v) is 23.4. The fourth-order valence-electron chi connectivity index (χ4n) is 8.14. The summed E-state index contributed by atoms with van der Waals surface area (Å²) in [4.78, 5) is 26.3. The SMILES string of the molecule is COCC(C)NC(=O)C1[C@@H]2CC(O[C@@H]3OC[C@@H](O)[C@H](N)[C@@H]3O)/C=C/C=C/C=C/C=C/C=C/C=C/C=C/[C@H](C)[C@@H](O)C[C@H](C)OC(=O)CC(O)CC(O)CCC(O)[C@H](O)CC(O)CC(O)(C[C@@H]1O)O2. The van der Waals surface area contributed by atoms with Gasteiger partial charge in [0, 0.05) is 51.2 Å². The maximum absolute atomic E-state index is 13.8. The molecule has 0 aromatic rings. The fourth-order valence-corrected chi connectivity index (χ4v) is 8.14. The molecule has 386 valence electrons. The largest absolute Gasteiger partial charge is 0.462 e. The van der Waals surface area contributed by atoms with E-state index < -0.39 is 141 Å². The number of nitrogens with one attached hydrogen (secondary N) is 1. The van der Waals surface area contributed by atoms with E-state index in [1.807, 2.05) is 37.3 Å². The molecule has 2 saturated heterocycles. The van der Waals surface area contributed by atoms with E-state index in [9.17, 15) is 60.7 Å². The van der Waals surface area contributed by atoms with Gasteiger partial charge in [-0.3, -0.25) is 9.59 Å². The minimum Gasteiger partial charge on any atom is -0.462 e. The third-order valence-corrected chi connectivity index (χ3v) is 11.9. The van der Waals surface area contributed by atoms with E-state index in [0.717, 1.165) is 0 Å². The minimum absolute atomic E-state index is 0.0933. The van der Waals surface area contributed by atoms with Crippen LogP contribution in [0.25, 0.3) is 0 Å². The Morgan fingerprint density at radius 3 is 1.97 bits per heavy atom. The zero-order valence-electron chi connectivity index (χ0n) is 39.6. The van der Waals surface area contributed by atoms with E-state index >= 15 is 0 Å². The van der Waals surface area contributed by atoms with Crippen molar-refractivity contribution in [3.8, 4) is 0 Å². The van der Waals surface area contributed by atoms with Gasteiger partial charge in [0.15, 0.2) is 12.1 Å². The Kier molecular flexibility index (Phi) is 26.2. The zero-order valence-corrected chi connectivity index (χ0v) is 39.6. The number of ether oxygens (including phenoxy) is 5. The Labute approximate surface area is 399 Å². The molecular formula is C49H78N2O17. The number of rotatable bonds is 6. The van der Waals surface area contributed by atoms with Crippen LogP contribution in [0.1, 0.15) is 78.6 Å². The molecule has 0 aromatic carbocycles. The lowest BCUT2D eigenvalue weighted by Crippen LogP contribution is -2.60. The maximum atomic E-state index is 13.8. The predicted molar refractivity (Wildman–Crippen MR) is 250 cm³/mol. The van der Waals surface area contributed by atoms with Crippen molar-refractivity contribution in [2.24, 2.45) is 17.6 Å². The summed E-state index contributed by atoms with van der Waals surface area (Å²) in [7, 11) is 1.46. The Morgan fingerprint density at radius 1 is 0.750 bits per heavy atom. The second-order valence-electron chi connectivity index (χ2n) is 18.2. The summed E-state index contributed by atoms with van der Waals surface area (Å²) in [6, 6.07) is -1.60. The molecule has 0 spiro atoms. The molecule has 8 unspecified atom stereocenters. The Balaban J connectivity index is 1.91. The van der Waals surface area contributed by atoms with Crippen LogP contribution in [0.4, 0.5) is 0 Å². The van der Waals surface area contributed by atoms with Crippen molar-refractivity contribution in [1.82, 2.24) is 5.32 Å². The number of fused-ring (bicyclic) bond motifs is 2. The van der Waals surface area contributed by atoms with Crippen LogP contribution in [0.5, 0.6) is 0 Å². The highest BCUT2D eigenvalue weighted by atomic mass is 16.7.